The molecule has 2 aromatic rings. The fourth-order valence-corrected chi connectivity index (χ4v) is 3.13. The number of guanidine groups is 1. The molecule has 2 N–H and O–H groups in total. The number of benzene rings is 1. The molecule has 1 aromatic heterocycles. The average molecular weight is 356 g/mol. The van der Waals surface area contributed by atoms with Crippen LogP contribution in [0.3, 0.4) is 0 Å². The molecule has 3 rings (SSSR count). The number of nitrogens with zero attached hydrogens (tertiary/aromatic N) is 4. The predicted molar refractivity (Wildman–Crippen MR) is 102 cm³/mol. The van der Waals surface area contributed by atoms with Crippen LogP contribution in [-0.4, -0.2) is 40.4 Å². The molecule has 0 spiro atoms. The van der Waals surface area contributed by atoms with E-state index in [1.165, 1.54) is 11.1 Å². The van der Waals surface area contributed by atoms with Crippen molar-refractivity contribution in [2.24, 2.45) is 4.99 Å². The Hall–Kier alpha value is -2.41. The van der Waals surface area contributed by atoms with Crippen molar-refractivity contribution in [3.63, 3.8) is 0 Å². The van der Waals surface area contributed by atoms with Gasteiger partial charge in [0.15, 0.2) is 11.8 Å². The van der Waals surface area contributed by atoms with E-state index in [-0.39, 0.29) is 6.04 Å². The minimum atomic E-state index is 0.286. The number of hydrogen-bond acceptors (Lipinski definition) is 4. The highest BCUT2D eigenvalue weighted by Crippen LogP contribution is 2.14. The van der Waals surface area contributed by atoms with Gasteiger partial charge in [0, 0.05) is 26.1 Å². The molecule has 0 radical (unpaired) electrons. The summed E-state index contributed by atoms with van der Waals surface area (Å²) in [5.74, 6) is 2.64. The van der Waals surface area contributed by atoms with Crippen LogP contribution < -0.4 is 10.6 Å². The molecular weight excluding hydrogens is 328 g/mol. The molecule has 2 heterocycles. The maximum Gasteiger partial charge on any atom is 0.191 e. The van der Waals surface area contributed by atoms with Gasteiger partial charge >= 0.3 is 0 Å². The summed E-state index contributed by atoms with van der Waals surface area (Å²) in [6.07, 6.45) is 1.92. The molecule has 1 aromatic carbocycles. The van der Waals surface area contributed by atoms with Crippen LogP contribution in [0, 0.1) is 6.92 Å². The van der Waals surface area contributed by atoms with Gasteiger partial charge in [0.2, 0.25) is 0 Å². The van der Waals surface area contributed by atoms with E-state index in [2.05, 4.69) is 58.8 Å². The van der Waals surface area contributed by atoms with E-state index in [4.69, 9.17) is 9.73 Å². The van der Waals surface area contributed by atoms with Crippen molar-refractivity contribution in [3.8, 4) is 0 Å². The Kier molecular flexibility index (Phi) is 6.22. The van der Waals surface area contributed by atoms with Gasteiger partial charge in [-0.2, -0.15) is 5.10 Å². The first-order chi connectivity index (χ1) is 12.7. The van der Waals surface area contributed by atoms with E-state index in [9.17, 15) is 0 Å². The zero-order valence-corrected chi connectivity index (χ0v) is 15.8. The van der Waals surface area contributed by atoms with E-state index >= 15 is 0 Å². The van der Waals surface area contributed by atoms with Gasteiger partial charge in [-0.25, -0.2) is 14.7 Å². The summed E-state index contributed by atoms with van der Waals surface area (Å²) in [4.78, 5) is 9.29. The first-order valence-electron chi connectivity index (χ1n) is 9.20. The highest BCUT2D eigenvalue weighted by atomic mass is 16.5. The van der Waals surface area contributed by atoms with Gasteiger partial charge < -0.3 is 15.4 Å². The number of aliphatic imine (C=N–C) groups is 1. The number of hydrogen-bond donors (Lipinski definition) is 2. The highest BCUT2D eigenvalue weighted by Gasteiger charge is 2.22. The normalized spacial score (nSPS) is 17.0. The number of fused-ring (bicyclic) bond motifs is 1. The molecule has 0 bridgehead atoms. The maximum atomic E-state index is 5.13. The van der Waals surface area contributed by atoms with Gasteiger partial charge in [-0.1, -0.05) is 24.3 Å². The standard InChI is InChI=1S/C19H28N6O/c1-4-20-19(21-11-15-8-6-5-7-14(15)2)22-16-9-10-18-23-17(13-26-3)24-25(18)12-16/h5-8,16H,4,9-13H2,1-3H3,(H2,20,21,22). The third-order valence-corrected chi connectivity index (χ3v) is 4.53. The number of nitrogens with one attached hydrogen (secondary N) is 2. The smallest absolute Gasteiger partial charge is 0.191 e. The number of aryl methyl sites for hydroxylation is 2. The first-order valence-corrected chi connectivity index (χ1v) is 9.20. The Balaban J connectivity index is 1.64. The average Bonchev–Trinajstić information content (AvgIpc) is 3.03. The lowest BCUT2D eigenvalue weighted by Gasteiger charge is -2.25. The summed E-state index contributed by atoms with van der Waals surface area (Å²) >= 11 is 0. The lowest BCUT2D eigenvalue weighted by molar-refractivity contribution is 0.177. The quantitative estimate of drug-likeness (QED) is 0.610. The fourth-order valence-electron chi connectivity index (χ4n) is 3.13. The summed E-state index contributed by atoms with van der Waals surface area (Å²) < 4.78 is 7.12. The second-order valence-corrected chi connectivity index (χ2v) is 6.56. The van der Waals surface area contributed by atoms with E-state index in [1.807, 2.05) is 4.68 Å². The van der Waals surface area contributed by atoms with Crippen molar-refractivity contribution < 1.29 is 4.74 Å². The minimum absolute atomic E-state index is 0.286. The molecule has 1 aliphatic rings. The maximum absolute atomic E-state index is 5.13. The van der Waals surface area contributed by atoms with Crippen LogP contribution in [0.2, 0.25) is 0 Å². The van der Waals surface area contributed by atoms with Crippen molar-refractivity contribution in [1.29, 1.82) is 0 Å². The molecule has 140 valence electrons. The van der Waals surface area contributed by atoms with Gasteiger partial charge in [-0.3, -0.25) is 0 Å². The lowest BCUT2D eigenvalue weighted by Crippen LogP contribution is -2.47. The number of aromatic nitrogens is 3. The van der Waals surface area contributed by atoms with Crippen LogP contribution in [-0.2, 0) is 30.9 Å². The molecule has 0 aliphatic carbocycles. The molecule has 0 saturated carbocycles. The van der Waals surface area contributed by atoms with Crippen LogP contribution in [0.5, 0.6) is 0 Å². The summed E-state index contributed by atoms with van der Waals surface area (Å²) in [6.45, 7) is 6.95. The second kappa shape index (κ2) is 8.80. The first kappa shape index (κ1) is 18.4. The Labute approximate surface area is 154 Å². The predicted octanol–water partition coefficient (Wildman–Crippen LogP) is 1.80. The van der Waals surface area contributed by atoms with Gasteiger partial charge in [0.1, 0.15) is 12.4 Å². The van der Waals surface area contributed by atoms with Gasteiger partial charge in [0.25, 0.3) is 0 Å². The topological polar surface area (TPSA) is 76.4 Å². The third kappa shape index (κ3) is 4.60. The molecule has 1 unspecified atom stereocenters. The van der Waals surface area contributed by atoms with Crippen LogP contribution in [0.1, 0.15) is 36.1 Å². The second-order valence-electron chi connectivity index (χ2n) is 6.56. The number of ether oxygens (including phenoxy) is 1. The fraction of sp³-hybridized carbons (Fsp3) is 0.526. The molecule has 0 fully saturated rings. The van der Waals surface area contributed by atoms with Crippen molar-refractivity contribution in [2.45, 2.75) is 52.4 Å². The molecule has 1 aliphatic heterocycles. The van der Waals surface area contributed by atoms with E-state index < -0.39 is 0 Å². The molecule has 0 amide bonds. The van der Waals surface area contributed by atoms with Crippen molar-refractivity contribution in [3.05, 3.63) is 47.0 Å². The Morgan fingerprint density at radius 3 is 3.00 bits per heavy atom. The lowest BCUT2D eigenvalue weighted by atomic mass is 10.1. The monoisotopic (exact) mass is 356 g/mol. The molecule has 0 saturated heterocycles. The van der Waals surface area contributed by atoms with Crippen molar-refractivity contribution in [1.82, 2.24) is 25.4 Å². The van der Waals surface area contributed by atoms with Gasteiger partial charge in [-0.05, 0) is 31.4 Å². The molecule has 7 nitrogen and oxygen atoms in total. The minimum Gasteiger partial charge on any atom is -0.377 e. The summed E-state index contributed by atoms with van der Waals surface area (Å²) in [5, 5.41) is 11.4. The van der Waals surface area contributed by atoms with Crippen LogP contribution in [0.4, 0.5) is 0 Å². The Bertz CT molecular complexity index is 754. The summed E-state index contributed by atoms with van der Waals surface area (Å²) in [5.41, 5.74) is 2.51. The highest BCUT2D eigenvalue weighted by molar-refractivity contribution is 5.80. The third-order valence-electron chi connectivity index (χ3n) is 4.53. The molecule has 7 heteroatoms. The Morgan fingerprint density at radius 1 is 1.38 bits per heavy atom. The van der Waals surface area contributed by atoms with E-state index in [0.29, 0.717) is 13.2 Å². The van der Waals surface area contributed by atoms with E-state index in [0.717, 1.165) is 43.5 Å². The summed E-state index contributed by atoms with van der Waals surface area (Å²) in [7, 11) is 1.66. The summed E-state index contributed by atoms with van der Waals surface area (Å²) in [6, 6.07) is 8.65. The SMILES string of the molecule is CCNC(=NCc1ccccc1C)NC1CCc2nc(COC)nn2C1. The molecule has 26 heavy (non-hydrogen) atoms. The Morgan fingerprint density at radius 2 is 2.23 bits per heavy atom. The zero-order valence-electron chi connectivity index (χ0n) is 15.8. The van der Waals surface area contributed by atoms with Crippen LogP contribution in [0.25, 0.3) is 0 Å². The van der Waals surface area contributed by atoms with Gasteiger partial charge in [-0.15, -0.1) is 0 Å². The largest absolute Gasteiger partial charge is 0.377 e. The van der Waals surface area contributed by atoms with E-state index in [1.54, 1.807) is 7.11 Å². The van der Waals surface area contributed by atoms with Crippen molar-refractivity contribution >= 4 is 5.96 Å². The van der Waals surface area contributed by atoms with Crippen LogP contribution >= 0.6 is 0 Å². The number of methoxy groups -OCH3 is 1. The molecule has 1 atom stereocenters. The number of rotatable bonds is 6. The van der Waals surface area contributed by atoms with Crippen LogP contribution in [0.15, 0.2) is 29.3 Å². The van der Waals surface area contributed by atoms with Crippen molar-refractivity contribution in [2.75, 3.05) is 13.7 Å². The van der Waals surface area contributed by atoms with Gasteiger partial charge in [0.05, 0.1) is 13.1 Å². The molecular formula is C19H28N6O. The zero-order chi connectivity index (χ0) is 18.4.